The Balaban J connectivity index is 1.64. The molecule has 21 heavy (non-hydrogen) atoms. The smallest absolute Gasteiger partial charge is 0.143 e. The van der Waals surface area contributed by atoms with Gasteiger partial charge >= 0.3 is 0 Å². The van der Waals surface area contributed by atoms with Crippen molar-refractivity contribution in [2.75, 3.05) is 0 Å². The average molecular weight is 307 g/mol. The van der Waals surface area contributed by atoms with Gasteiger partial charge in [0, 0.05) is 10.8 Å². The third-order valence-corrected chi connectivity index (χ3v) is 7.54. The van der Waals surface area contributed by atoms with Crippen LogP contribution in [0.3, 0.4) is 0 Å². The zero-order valence-electron chi connectivity index (χ0n) is 13.6. The fourth-order valence-corrected chi connectivity index (χ4v) is 6.22. The maximum atomic E-state index is 9.33. The van der Waals surface area contributed by atoms with Crippen molar-refractivity contribution in [2.45, 2.75) is 87.8 Å². The van der Waals surface area contributed by atoms with Gasteiger partial charge < -0.3 is 0 Å². The molecule has 5 atom stereocenters. The van der Waals surface area contributed by atoms with Crippen LogP contribution in [0, 0.1) is 29.1 Å². The van der Waals surface area contributed by atoms with Gasteiger partial charge in [0.2, 0.25) is 0 Å². The summed E-state index contributed by atoms with van der Waals surface area (Å²) in [5.41, 5.74) is 0.350. The molecule has 0 spiro atoms. The number of nitriles is 1. The molecule has 1 saturated heterocycles. The second-order valence-electron chi connectivity index (χ2n) is 7.83. The van der Waals surface area contributed by atoms with Gasteiger partial charge in [-0.3, -0.25) is 5.32 Å². The molecule has 0 aromatic carbocycles. The standard InChI is InChI=1S/C18H30N2S/c1-13(2)14-7-3-4-9-16-15-11-18(15,10-6-5-8-14)20-17(12-19)21-16/h13-17,20H,3-11H2,1-2H3. The summed E-state index contributed by atoms with van der Waals surface area (Å²) >= 11 is 1.92. The fraction of sp³-hybridized carbons (Fsp3) is 0.944. The van der Waals surface area contributed by atoms with Crippen LogP contribution in [0.4, 0.5) is 0 Å². The first-order chi connectivity index (χ1) is 10.1. The first kappa shape index (κ1) is 15.7. The average Bonchev–Trinajstić information content (AvgIpc) is 3.18. The highest BCUT2D eigenvalue weighted by Crippen LogP contribution is 2.58. The van der Waals surface area contributed by atoms with Crippen molar-refractivity contribution < 1.29 is 0 Å². The number of hydrogen-bond donors (Lipinski definition) is 1. The third kappa shape index (κ3) is 3.42. The molecule has 118 valence electrons. The van der Waals surface area contributed by atoms with E-state index < -0.39 is 0 Å². The fourth-order valence-electron chi connectivity index (χ4n) is 4.65. The molecule has 0 aromatic heterocycles. The Morgan fingerprint density at radius 1 is 1.14 bits per heavy atom. The molecule has 5 unspecified atom stereocenters. The maximum absolute atomic E-state index is 9.33. The van der Waals surface area contributed by atoms with Gasteiger partial charge in [-0.25, -0.2) is 0 Å². The molecular weight excluding hydrogens is 276 g/mol. The van der Waals surface area contributed by atoms with Crippen LogP contribution in [0.5, 0.6) is 0 Å². The van der Waals surface area contributed by atoms with Gasteiger partial charge in [-0.1, -0.05) is 52.4 Å². The minimum atomic E-state index is 0.0418. The SMILES string of the molecule is CC(C)C1CCCCC2SC(C#N)NC3(CCCC1)CC23. The molecular formula is C18H30N2S. The summed E-state index contributed by atoms with van der Waals surface area (Å²) in [5.74, 6) is 2.63. The summed E-state index contributed by atoms with van der Waals surface area (Å²) in [7, 11) is 0. The summed E-state index contributed by atoms with van der Waals surface area (Å²) < 4.78 is 0. The van der Waals surface area contributed by atoms with E-state index >= 15 is 0 Å². The second kappa shape index (κ2) is 6.50. The van der Waals surface area contributed by atoms with Crippen molar-refractivity contribution >= 4 is 11.8 Å². The highest BCUT2D eigenvalue weighted by molar-refractivity contribution is 8.00. The zero-order chi connectivity index (χ0) is 14.9. The Kier molecular flexibility index (Phi) is 4.86. The number of nitrogens with one attached hydrogen (secondary N) is 1. The van der Waals surface area contributed by atoms with Crippen LogP contribution < -0.4 is 5.32 Å². The molecule has 1 N–H and O–H groups in total. The van der Waals surface area contributed by atoms with Crippen LogP contribution >= 0.6 is 11.8 Å². The minimum absolute atomic E-state index is 0.0418. The van der Waals surface area contributed by atoms with Crippen LogP contribution in [0.15, 0.2) is 0 Å². The molecule has 1 aliphatic heterocycles. The third-order valence-electron chi connectivity index (χ3n) is 6.13. The quantitative estimate of drug-likeness (QED) is 0.762. The van der Waals surface area contributed by atoms with E-state index in [0.717, 1.165) is 23.0 Å². The van der Waals surface area contributed by atoms with Gasteiger partial charge in [0.25, 0.3) is 0 Å². The van der Waals surface area contributed by atoms with Crippen LogP contribution in [0.1, 0.15) is 71.6 Å². The first-order valence-electron chi connectivity index (χ1n) is 8.97. The Labute approximate surface area is 134 Å². The monoisotopic (exact) mass is 306 g/mol. The van der Waals surface area contributed by atoms with Crippen LogP contribution in [-0.2, 0) is 0 Å². The van der Waals surface area contributed by atoms with Crippen LogP contribution in [-0.4, -0.2) is 16.2 Å². The predicted molar refractivity (Wildman–Crippen MR) is 90.0 cm³/mol. The molecule has 3 rings (SSSR count). The molecule has 3 fully saturated rings. The van der Waals surface area contributed by atoms with E-state index in [1.54, 1.807) is 0 Å². The summed E-state index contributed by atoms with van der Waals surface area (Å²) in [6, 6.07) is 2.47. The van der Waals surface area contributed by atoms with Gasteiger partial charge in [0.05, 0.1) is 6.07 Å². The largest absolute Gasteiger partial charge is 0.288 e. The number of rotatable bonds is 1. The molecule has 2 saturated carbocycles. The van der Waals surface area contributed by atoms with E-state index in [1.165, 1.54) is 57.8 Å². The zero-order valence-corrected chi connectivity index (χ0v) is 14.4. The highest BCUT2D eigenvalue weighted by atomic mass is 32.2. The summed E-state index contributed by atoms with van der Waals surface area (Å²) in [6.07, 6.45) is 12.3. The normalized spacial score (nSPS) is 44.1. The summed E-state index contributed by atoms with van der Waals surface area (Å²) in [5, 5.41) is 13.8. The lowest BCUT2D eigenvalue weighted by molar-refractivity contribution is 0.299. The Morgan fingerprint density at radius 3 is 2.57 bits per heavy atom. The second-order valence-corrected chi connectivity index (χ2v) is 9.18. The van der Waals surface area contributed by atoms with Gasteiger partial charge in [-0.2, -0.15) is 5.26 Å². The van der Waals surface area contributed by atoms with Crippen molar-refractivity contribution in [1.82, 2.24) is 5.32 Å². The topological polar surface area (TPSA) is 35.8 Å². The van der Waals surface area contributed by atoms with Gasteiger partial charge in [0.1, 0.15) is 5.37 Å². The minimum Gasteiger partial charge on any atom is -0.288 e. The molecule has 2 nitrogen and oxygen atoms in total. The molecule has 0 aromatic rings. The van der Waals surface area contributed by atoms with Crippen molar-refractivity contribution in [3.63, 3.8) is 0 Å². The van der Waals surface area contributed by atoms with Gasteiger partial charge in [-0.15, -0.1) is 11.8 Å². The molecule has 0 amide bonds. The lowest BCUT2D eigenvalue weighted by Gasteiger charge is -2.33. The van der Waals surface area contributed by atoms with Gasteiger partial charge in [0.15, 0.2) is 0 Å². The molecule has 0 radical (unpaired) electrons. The highest BCUT2D eigenvalue weighted by Gasteiger charge is 2.60. The van der Waals surface area contributed by atoms with Gasteiger partial charge in [-0.05, 0) is 37.0 Å². The summed E-state index contributed by atoms with van der Waals surface area (Å²) in [6.45, 7) is 4.80. The molecule has 2 aliphatic carbocycles. The number of nitrogens with zero attached hydrogens (tertiary/aromatic N) is 1. The van der Waals surface area contributed by atoms with Crippen molar-refractivity contribution in [3.8, 4) is 6.07 Å². The van der Waals surface area contributed by atoms with Crippen LogP contribution in [0.2, 0.25) is 0 Å². The number of hydrogen-bond acceptors (Lipinski definition) is 3. The molecule has 3 aliphatic rings. The number of thioether (sulfide) groups is 1. The van der Waals surface area contributed by atoms with Crippen molar-refractivity contribution in [2.24, 2.45) is 17.8 Å². The van der Waals surface area contributed by atoms with Crippen LogP contribution in [0.25, 0.3) is 0 Å². The lowest BCUT2D eigenvalue weighted by atomic mass is 9.84. The van der Waals surface area contributed by atoms with E-state index in [4.69, 9.17) is 0 Å². The van der Waals surface area contributed by atoms with Crippen molar-refractivity contribution in [3.05, 3.63) is 0 Å². The maximum Gasteiger partial charge on any atom is 0.143 e. The summed E-state index contributed by atoms with van der Waals surface area (Å²) in [4.78, 5) is 0. The Morgan fingerprint density at radius 2 is 1.86 bits per heavy atom. The van der Waals surface area contributed by atoms with E-state index in [0.29, 0.717) is 5.54 Å². The van der Waals surface area contributed by atoms with Crippen molar-refractivity contribution in [1.29, 1.82) is 5.26 Å². The lowest BCUT2D eigenvalue weighted by Crippen LogP contribution is -2.45. The molecule has 2 bridgehead atoms. The Hall–Kier alpha value is -0.200. The van der Waals surface area contributed by atoms with E-state index in [2.05, 4.69) is 25.2 Å². The Bertz CT molecular complexity index is 403. The first-order valence-corrected chi connectivity index (χ1v) is 9.92. The molecule has 1 heterocycles. The van der Waals surface area contributed by atoms with E-state index in [-0.39, 0.29) is 5.37 Å². The predicted octanol–water partition coefficient (Wildman–Crippen LogP) is 4.71. The molecule has 3 heteroatoms. The van der Waals surface area contributed by atoms with E-state index in [9.17, 15) is 5.26 Å². The van der Waals surface area contributed by atoms with E-state index in [1.807, 2.05) is 11.8 Å².